The molecule has 226 valence electrons. The van der Waals surface area contributed by atoms with Gasteiger partial charge in [-0.15, -0.1) is 0 Å². The Kier molecular flexibility index (Phi) is 16.7. The van der Waals surface area contributed by atoms with Crippen LogP contribution in [0.5, 0.6) is 0 Å². The molecule has 0 aliphatic rings. The number of hydrogen-bond donors (Lipinski definition) is 12. The molecule has 0 aliphatic carbocycles. The van der Waals surface area contributed by atoms with Crippen molar-refractivity contribution >= 4 is 47.3 Å². The Morgan fingerprint density at radius 1 is 0.625 bits per heavy atom. The largest absolute Gasteiger partial charge is 0.480 e. The van der Waals surface area contributed by atoms with Crippen molar-refractivity contribution in [3.05, 3.63) is 0 Å². The highest BCUT2D eigenvalue weighted by atomic mass is 16.4. The van der Waals surface area contributed by atoms with E-state index in [0.717, 1.165) is 0 Å². The highest BCUT2D eigenvalue weighted by molar-refractivity contribution is 5.94. The van der Waals surface area contributed by atoms with Gasteiger partial charge in [0.05, 0.1) is 52.0 Å². The van der Waals surface area contributed by atoms with E-state index in [2.05, 4.69) is 31.9 Å². The van der Waals surface area contributed by atoms with Gasteiger partial charge in [0.15, 0.2) is 0 Å². The minimum absolute atomic E-state index is 0.448. The first-order chi connectivity index (χ1) is 18.7. The van der Waals surface area contributed by atoms with Crippen molar-refractivity contribution in [1.82, 2.24) is 37.2 Å². The van der Waals surface area contributed by atoms with Crippen molar-refractivity contribution in [3.8, 4) is 0 Å². The van der Waals surface area contributed by atoms with Crippen LogP contribution in [-0.4, -0.2) is 138 Å². The second kappa shape index (κ2) is 18.8. The van der Waals surface area contributed by atoms with Crippen LogP contribution in [0.4, 0.5) is 0 Å². The summed E-state index contributed by atoms with van der Waals surface area (Å²) in [5, 5.41) is 51.2. The van der Waals surface area contributed by atoms with E-state index in [1.54, 1.807) is 0 Å². The fraction of sp³-hybridized carbons (Fsp3) is 0.600. The van der Waals surface area contributed by atoms with E-state index in [-0.39, 0.29) is 0 Å². The van der Waals surface area contributed by atoms with E-state index in [4.69, 9.17) is 15.9 Å². The maximum absolute atomic E-state index is 12.2. The number of aliphatic hydroxyl groups is 3. The van der Waals surface area contributed by atoms with Crippen LogP contribution in [0.25, 0.3) is 0 Å². The predicted molar refractivity (Wildman–Crippen MR) is 130 cm³/mol. The number of amides is 7. The summed E-state index contributed by atoms with van der Waals surface area (Å²) < 4.78 is 0. The van der Waals surface area contributed by atoms with Crippen molar-refractivity contribution in [1.29, 1.82) is 0 Å². The van der Waals surface area contributed by atoms with Crippen molar-refractivity contribution < 1.29 is 58.8 Å². The van der Waals surface area contributed by atoms with E-state index in [9.17, 15) is 48.6 Å². The zero-order valence-electron chi connectivity index (χ0n) is 21.4. The van der Waals surface area contributed by atoms with E-state index in [0.29, 0.717) is 0 Å². The summed E-state index contributed by atoms with van der Waals surface area (Å²) in [7, 11) is 0. The van der Waals surface area contributed by atoms with Crippen LogP contribution >= 0.6 is 0 Å². The molecule has 20 nitrogen and oxygen atoms in total. The first-order valence-corrected chi connectivity index (χ1v) is 11.5. The van der Waals surface area contributed by atoms with E-state index in [1.807, 2.05) is 5.32 Å². The highest BCUT2D eigenvalue weighted by Crippen LogP contribution is 1.93. The smallest absolute Gasteiger partial charge is 0.328 e. The van der Waals surface area contributed by atoms with E-state index < -0.39 is 117 Å². The molecule has 0 saturated heterocycles. The monoisotopic (exact) mass is 578 g/mol. The molecular weight excluding hydrogens is 544 g/mol. The number of hydrogen-bond acceptors (Lipinski definition) is 12. The number of rotatable bonds is 18. The maximum atomic E-state index is 12.2. The summed E-state index contributed by atoms with van der Waals surface area (Å²) >= 11 is 0. The third kappa shape index (κ3) is 14.5. The van der Waals surface area contributed by atoms with Gasteiger partial charge in [0.1, 0.15) is 18.1 Å². The molecule has 0 heterocycles. The molecule has 13 N–H and O–H groups in total. The first kappa shape index (κ1) is 35.6. The number of carboxylic acid groups (broad SMARTS) is 1. The van der Waals surface area contributed by atoms with Crippen LogP contribution < -0.4 is 43.0 Å². The third-order valence-corrected chi connectivity index (χ3v) is 4.66. The van der Waals surface area contributed by atoms with Crippen LogP contribution in [0.15, 0.2) is 0 Å². The molecule has 0 aliphatic heterocycles. The summed E-state index contributed by atoms with van der Waals surface area (Å²) in [4.78, 5) is 93.5. The number of nitrogens with two attached hydrogens (primary N) is 1. The van der Waals surface area contributed by atoms with Gasteiger partial charge < -0.3 is 63.4 Å². The predicted octanol–water partition coefficient (Wildman–Crippen LogP) is -8.69. The van der Waals surface area contributed by atoms with Crippen molar-refractivity contribution in [2.45, 2.75) is 31.2 Å². The van der Waals surface area contributed by atoms with Gasteiger partial charge in [-0.2, -0.15) is 0 Å². The molecule has 0 aromatic rings. The SMILES string of the molecule is CC(O)C(NC(=O)CN)C(=O)NCC(=O)NC(CO)C(=O)NCC(=O)NCC(=O)NCC(=O)NC(CO)C(=O)O. The Bertz CT molecular complexity index is 944. The molecule has 0 rings (SSSR count). The average molecular weight is 579 g/mol. The molecule has 0 bridgehead atoms. The summed E-state index contributed by atoms with van der Waals surface area (Å²) in [5.74, 6) is -7.68. The number of aliphatic carboxylic acids is 1. The third-order valence-electron chi connectivity index (χ3n) is 4.66. The lowest BCUT2D eigenvalue weighted by Crippen LogP contribution is -2.56. The molecule has 0 radical (unpaired) electrons. The number of carboxylic acids is 1. The summed E-state index contributed by atoms with van der Waals surface area (Å²) in [6.45, 7) is -3.63. The second-order valence-corrected chi connectivity index (χ2v) is 7.92. The Morgan fingerprint density at radius 3 is 1.50 bits per heavy atom. The lowest BCUT2D eigenvalue weighted by molar-refractivity contribution is -0.142. The van der Waals surface area contributed by atoms with Gasteiger partial charge in [-0.25, -0.2) is 4.79 Å². The molecule has 20 heteroatoms. The summed E-state index contributed by atoms with van der Waals surface area (Å²) in [5.41, 5.74) is 5.13. The van der Waals surface area contributed by atoms with E-state index in [1.165, 1.54) is 6.92 Å². The summed E-state index contributed by atoms with van der Waals surface area (Å²) in [6.07, 6.45) is -1.32. The minimum atomic E-state index is -1.56. The average Bonchev–Trinajstić information content (AvgIpc) is 2.91. The van der Waals surface area contributed by atoms with Gasteiger partial charge in [-0.3, -0.25) is 33.6 Å². The van der Waals surface area contributed by atoms with Gasteiger partial charge >= 0.3 is 5.97 Å². The Morgan fingerprint density at radius 2 is 1.05 bits per heavy atom. The van der Waals surface area contributed by atoms with Crippen molar-refractivity contribution in [2.75, 3.05) is 45.9 Å². The number of carbonyl (C=O) groups is 8. The lowest BCUT2D eigenvalue weighted by Gasteiger charge is -2.21. The zero-order chi connectivity index (χ0) is 30.8. The highest BCUT2D eigenvalue weighted by Gasteiger charge is 2.26. The maximum Gasteiger partial charge on any atom is 0.328 e. The fourth-order valence-electron chi connectivity index (χ4n) is 2.56. The number of carbonyl (C=O) groups excluding carboxylic acids is 7. The van der Waals surface area contributed by atoms with Crippen LogP contribution in [0.3, 0.4) is 0 Å². The van der Waals surface area contributed by atoms with Gasteiger partial charge in [0.2, 0.25) is 41.4 Å². The molecule has 7 amide bonds. The Labute approximate surface area is 226 Å². The zero-order valence-corrected chi connectivity index (χ0v) is 21.4. The van der Waals surface area contributed by atoms with Gasteiger partial charge in [0, 0.05) is 0 Å². The van der Waals surface area contributed by atoms with E-state index >= 15 is 0 Å². The van der Waals surface area contributed by atoms with Crippen LogP contribution in [0.2, 0.25) is 0 Å². The lowest BCUT2D eigenvalue weighted by atomic mass is 10.1. The van der Waals surface area contributed by atoms with Crippen LogP contribution in [-0.2, 0) is 38.4 Å². The normalized spacial score (nSPS) is 13.3. The molecule has 0 fully saturated rings. The molecule has 4 atom stereocenters. The molecule has 0 saturated carbocycles. The quantitative estimate of drug-likeness (QED) is 0.0719. The molecule has 40 heavy (non-hydrogen) atoms. The minimum Gasteiger partial charge on any atom is -0.480 e. The topological polar surface area (TPSA) is 328 Å². The van der Waals surface area contributed by atoms with Crippen molar-refractivity contribution in [3.63, 3.8) is 0 Å². The van der Waals surface area contributed by atoms with Crippen LogP contribution in [0, 0.1) is 0 Å². The first-order valence-electron chi connectivity index (χ1n) is 11.5. The van der Waals surface area contributed by atoms with Gasteiger partial charge in [0.25, 0.3) is 0 Å². The molecular formula is C20H34N8O12. The Hall–Kier alpha value is -4.40. The molecule has 4 unspecified atom stereocenters. The Balaban J connectivity index is 4.49. The summed E-state index contributed by atoms with van der Waals surface area (Å²) in [6, 6.07) is -4.50. The number of nitrogens with one attached hydrogen (secondary N) is 7. The van der Waals surface area contributed by atoms with Crippen molar-refractivity contribution in [2.24, 2.45) is 5.73 Å². The fourth-order valence-corrected chi connectivity index (χ4v) is 2.56. The van der Waals surface area contributed by atoms with Crippen LogP contribution in [0.1, 0.15) is 6.92 Å². The molecule has 0 aromatic carbocycles. The number of aliphatic hydroxyl groups excluding tert-OH is 3. The molecule has 0 aromatic heterocycles. The second-order valence-electron chi connectivity index (χ2n) is 7.92. The van der Waals surface area contributed by atoms with Gasteiger partial charge in [-0.1, -0.05) is 0 Å². The molecule has 0 spiro atoms. The standard InChI is InChI=1S/C20H34N8O12/c1-9(31)17(28-12(32)2-21)19(38)25-6-16(36)26-10(7-29)18(37)24-4-14(34)22-3-13(33)23-5-15(35)27-11(8-30)20(39)40/h9-11,17,29-31H,2-8,21H2,1H3,(H,22,34)(H,23,33)(H,24,37)(H,25,38)(H,26,36)(H,27,35)(H,28,32)(H,39,40). The van der Waals surface area contributed by atoms with Gasteiger partial charge in [-0.05, 0) is 6.92 Å².